The normalized spacial score (nSPS) is 11.3. The van der Waals surface area contributed by atoms with Crippen molar-refractivity contribution in [1.29, 1.82) is 0 Å². The van der Waals surface area contributed by atoms with Crippen LogP contribution in [0, 0.1) is 6.92 Å². The Kier molecular flexibility index (Phi) is 9.06. The van der Waals surface area contributed by atoms with E-state index in [1.165, 1.54) is 16.0 Å². The number of hydrogen-bond acceptors (Lipinski definition) is 3. The molecule has 0 spiro atoms. The minimum atomic E-state index is 0.0784. The zero-order chi connectivity index (χ0) is 21.2. The quantitative estimate of drug-likeness (QED) is 0.390. The number of thioether (sulfide) groups is 1. The van der Waals surface area contributed by atoms with Crippen molar-refractivity contribution in [1.82, 2.24) is 15.5 Å². The van der Waals surface area contributed by atoms with Crippen molar-refractivity contribution >= 4 is 23.6 Å². The predicted octanol–water partition coefficient (Wildman–Crippen LogP) is 4.06. The Bertz CT molecular complexity index is 829. The average Bonchev–Trinajstić information content (AvgIpc) is 2.75. The number of rotatable bonds is 8. The summed E-state index contributed by atoms with van der Waals surface area (Å²) in [5.74, 6) is 0.829. The number of guanidine groups is 1. The molecule has 0 radical (unpaired) electrons. The van der Waals surface area contributed by atoms with Crippen LogP contribution in [0.1, 0.15) is 40.9 Å². The molecule has 0 aliphatic rings. The number of amides is 1. The smallest absolute Gasteiger partial charge is 0.253 e. The molecule has 0 unspecified atom stereocenters. The van der Waals surface area contributed by atoms with Gasteiger partial charge in [-0.3, -0.25) is 9.79 Å². The molecule has 6 heteroatoms. The molecular weight excluding hydrogens is 380 g/mol. The van der Waals surface area contributed by atoms with Gasteiger partial charge in [-0.1, -0.05) is 24.3 Å². The van der Waals surface area contributed by atoms with E-state index in [0.29, 0.717) is 13.1 Å². The van der Waals surface area contributed by atoms with Crippen LogP contribution in [0.4, 0.5) is 0 Å². The highest BCUT2D eigenvalue weighted by molar-refractivity contribution is 7.98. The molecule has 156 valence electrons. The lowest BCUT2D eigenvalue weighted by Crippen LogP contribution is -2.36. The first-order valence-corrected chi connectivity index (χ1v) is 11.2. The van der Waals surface area contributed by atoms with Crippen LogP contribution in [0.3, 0.4) is 0 Å². The van der Waals surface area contributed by atoms with Crippen LogP contribution in [0.15, 0.2) is 52.4 Å². The van der Waals surface area contributed by atoms with E-state index >= 15 is 0 Å². The topological polar surface area (TPSA) is 56.7 Å². The molecule has 2 rings (SSSR count). The van der Waals surface area contributed by atoms with Crippen molar-refractivity contribution in [2.45, 2.75) is 38.8 Å². The van der Waals surface area contributed by atoms with E-state index in [9.17, 15) is 4.79 Å². The van der Waals surface area contributed by atoms with Gasteiger partial charge in [0.25, 0.3) is 5.91 Å². The molecule has 2 aromatic carbocycles. The Balaban J connectivity index is 1.92. The Morgan fingerprint density at radius 3 is 2.28 bits per heavy atom. The molecule has 0 aliphatic heterocycles. The van der Waals surface area contributed by atoms with Gasteiger partial charge in [-0.2, -0.15) is 0 Å². The zero-order valence-electron chi connectivity index (χ0n) is 18.1. The van der Waals surface area contributed by atoms with Crippen LogP contribution < -0.4 is 10.6 Å². The maximum Gasteiger partial charge on any atom is 0.253 e. The summed E-state index contributed by atoms with van der Waals surface area (Å²) in [6, 6.07) is 14.3. The third kappa shape index (κ3) is 6.53. The maximum atomic E-state index is 12.4. The fourth-order valence-electron chi connectivity index (χ4n) is 3.04. The summed E-state index contributed by atoms with van der Waals surface area (Å²) >= 11 is 1.76. The summed E-state index contributed by atoms with van der Waals surface area (Å²) in [5, 5.41) is 6.71. The summed E-state index contributed by atoms with van der Waals surface area (Å²) in [6.07, 6.45) is 2.10. The number of aliphatic imine (C=N–C) groups is 1. The number of carbonyl (C=O) groups excluding carboxylic acids is 1. The van der Waals surface area contributed by atoms with E-state index in [0.717, 1.165) is 30.2 Å². The van der Waals surface area contributed by atoms with Gasteiger partial charge in [0.2, 0.25) is 0 Å². The molecule has 0 aromatic heterocycles. The molecule has 0 bridgehead atoms. The van der Waals surface area contributed by atoms with Gasteiger partial charge < -0.3 is 15.5 Å². The van der Waals surface area contributed by atoms with Crippen LogP contribution in [-0.4, -0.2) is 43.2 Å². The van der Waals surface area contributed by atoms with Crippen LogP contribution >= 0.6 is 11.8 Å². The molecule has 0 saturated carbocycles. The molecule has 0 heterocycles. The van der Waals surface area contributed by atoms with Gasteiger partial charge in [-0.05, 0) is 61.9 Å². The summed E-state index contributed by atoms with van der Waals surface area (Å²) in [7, 11) is 1.77. The molecule has 2 aromatic rings. The van der Waals surface area contributed by atoms with Crippen LogP contribution in [0.2, 0.25) is 0 Å². The Morgan fingerprint density at radius 2 is 1.69 bits per heavy atom. The second-order valence-corrected chi connectivity index (χ2v) is 7.62. The highest BCUT2D eigenvalue weighted by Gasteiger charge is 2.12. The molecular formula is C23H32N4OS. The first-order chi connectivity index (χ1) is 14.0. The molecule has 0 fully saturated rings. The molecule has 0 aliphatic carbocycles. The van der Waals surface area contributed by atoms with Gasteiger partial charge in [-0.15, -0.1) is 11.8 Å². The molecule has 0 saturated heterocycles. The van der Waals surface area contributed by atoms with E-state index in [2.05, 4.69) is 47.0 Å². The number of nitrogens with one attached hydrogen (secondary N) is 2. The third-order valence-corrected chi connectivity index (χ3v) is 5.64. The first-order valence-electron chi connectivity index (χ1n) is 9.98. The van der Waals surface area contributed by atoms with E-state index < -0.39 is 0 Å². The summed E-state index contributed by atoms with van der Waals surface area (Å²) in [5.41, 5.74) is 4.35. The van der Waals surface area contributed by atoms with Crippen molar-refractivity contribution in [2.75, 3.05) is 26.4 Å². The second kappa shape index (κ2) is 11.5. The minimum Gasteiger partial charge on any atom is -0.352 e. The fraction of sp³-hybridized carbons (Fsp3) is 0.391. The van der Waals surface area contributed by atoms with Crippen molar-refractivity contribution in [2.24, 2.45) is 4.99 Å². The Hall–Kier alpha value is -2.47. The fourth-order valence-corrected chi connectivity index (χ4v) is 3.75. The van der Waals surface area contributed by atoms with Crippen LogP contribution in [0.5, 0.6) is 0 Å². The van der Waals surface area contributed by atoms with E-state index in [-0.39, 0.29) is 5.91 Å². The van der Waals surface area contributed by atoms with Gasteiger partial charge in [0.1, 0.15) is 0 Å². The van der Waals surface area contributed by atoms with Crippen LogP contribution in [-0.2, 0) is 13.1 Å². The van der Waals surface area contributed by atoms with Crippen LogP contribution in [0.25, 0.3) is 0 Å². The SMILES string of the molecule is CCN(CC)C(=O)c1ccc(CNC(=NC)NCc2ccc(C)cc2SC)cc1. The van der Waals surface area contributed by atoms with E-state index in [1.54, 1.807) is 18.8 Å². The van der Waals surface area contributed by atoms with E-state index in [1.807, 2.05) is 43.0 Å². The number of nitrogens with zero attached hydrogens (tertiary/aromatic N) is 2. The lowest BCUT2D eigenvalue weighted by atomic mass is 10.1. The van der Waals surface area contributed by atoms with Gasteiger partial charge in [0, 0.05) is 43.7 Å². The van der Waals surface area contributed by atoms with Gasteiger partial charge >= 0.3 is 0 Å². The Labute approximate surface area is 179 Å². The van der Waals surface area contributed by atoms with Gasteiger partial charge in [0.15, 0.2) is 5.96 Å². The maximum absolute atomic E-state index is 12.4. The highest BCUT2D eigenvalue weighted by atomic mass is 32.2. The number of benzene rings is 2. The lowest BCUT2D eigenvalue weighted by molar-refractivity contribution is 0.0773. The summed E-state index contributed by atoms with van der Waals surface area (Å²) in [4.78, 5) is 19.8. The molecule has 29 heavy (non-hydrogen) atoms. The first kappa shape index (κ1) is 22.8. The highest BCUT2D eigenvalue weighted by Crippen LogP contribution is 2.21. The lowest BCUT2D eigenvalue weighted by Gasteiger charge is -2.18. The molecule has 2 N–H and O–H groups in total. The molecule has 1 amide bonds. The monoisotopic (exact) mass is 412 g/mol. The number of aryl methyl sites for hydroxylation is 1. The third-order valence-electron chi connectivity index (χ3n) is 4.82. The van der Waals surface area contributed by atoms with Crippen molar-refractivity contribution in [3.8, 4) is 0 Å². The summed E-state index contributed by atoms with van der Waals surface area (Å²) in [6.45, 7) is 8.91. The predicted molar refractivity (Wildman–Crippen MR) is 124 cm³/mol. The van der Waals surface area contributed by atoms with Crippen molar-refractivity contribution in [3.63, 3.8) is 0 Å². The minimum absolute atomic E-state index is 0.0784. The number of carbonyl (C=O) groups is 1. The second-order valence-electron chi connectivity index (χ2n) is 6.77. The standard InChI is InChI=1S/C23H32N4OS/c1-6-27(7-2)22(28)19-12-9-18(10-13-19)15-25-23(24-4)26-16-20-11-8-17(3)14-21(20)29-5/h8-14H,6-7,15-16H2,1-5H3,(H2,24,25,26). The van der Waals surface area contributed by atoms with Gasteiger partial charge in [-0.25, -0.2) is 0 Å². The number of hydrogen-bond donors (Lipinski definition) is 2. The van der Waals surface area contributed by atoms with Gasteiger partial charge in [0.05, 0.1) is 0 Å². The van der Waals surface area contributed by atoms with E-state index in [4.69, 9.17) is 0 Å². The zero-order valence-corrected chi connectivity index (χ0v) is 18.9. The molecule has 5 nitrogen and oxygen atoms in total. The summed E-state index contributed by atoms with van der Waals surface area (Å²) < 4.78 is 0. The Morgan fingerprint density at radius 1 is 1.03 bits per heavy atom. The molecule has 0 atom stereocenters. The largest absolute Gasteiger partial charge is 0.352 e. The average molecular weight is 413 g/mol. The van der Waals surface area contributed by atoms with Crippen molar-refractivity contribution < 1.29 is 4.79 Å². The van der Waals surface area contributed by atoms with Crippen molar-refractivity contribution in [3.05, 3.63) is 64.7 Å².